The van der Waals surface area contributed by atoms with Gasteiger partial charge in [0.1, 0.15) is 5.69 Å². The van der Waals surface area contributed by atoms with Crippen LogP contribution in [0.1, 0.15) is 35.0 Å². The van der Waals surface area contributed by atoms with Crippen LogP contribution in [-0.2, 0) is 7.05 Å². The van der Waals surface area contributed by atoms with E-state index in [0.717, 1.165) is 25.2 Å². The van der Waals surface area contributed by atoms with E-state index < -0.39 is 0 Å². The molecule has 7 heteroatoms. The quantitative estimate of drug-likeness (QED) is 0.718. The highest BCUT2D eigenvalue weighted by Crippen LogP contribution is 2.42. The van der Waals surface area contributed by atoms with Crippen molar-refractivity contribution in [3.8, 4) is 10.6 Å². The molecule has 3 aromatic heterocycles. The first-order chi connectivity index (χ1) is 13.7. The predicted molar refractivity (Wildman–Crippen MR) is 108 cm³/mol. The molecule has 6 rings (SSSR count). The minimum atomic E-state index is -0.128. The van der Waals surface area contributed by atoms with Crippen molar-refractivity contribution in [1.29, 1.82) is 0 Å². The number of rotatable bonds is 5. The summed E-state index contributed by atoms with van der Waals surface area (Å²) in [5.74, 6) is 1.40. The highest BCUT2D eigenvalue weighted by molar-refractivity contribution is 7.13. The molecule has 28 heavy (non-hydrogen) atoms. The summed E-state index contributed by atoms with van der Waals surface area (Å²) in [4.78, 5) is 15.9. The molecule has 1 N–H and O–H groups in total. The summed E-state index contributed by atoms with van der Waals surface area (Å²) in [7, 11) is 2.06. The van der Waals surface area contributed by atoms with Gasteiger partial charge in [-0.25, -0.2) is 0 Å². The Labute approximate surface area is 168 Å². The van der Waals surface area contributed by atoms with Crippen molar-refractivity contribution in [2.24, 2.45) is 13.0 Å². The van der Waals surface area contributed by atoms with Crippen molar-refractivity contribution >= 4 is 17.2 Å². The monoisotopic (exact) mass is 396 g/mol. The fraction of sp³-hybridized carbons (Fsp3) is 0.429. The number of hydrogen-bond acceptors (Lipinski definition) is 5. The molecular formula is C21H24N4O2S. The Bertz CT molecular complexity index is 947. The molecule has 1 unspecified atom stereocenters. The molecular weight excluding hydrogens is 372 g/mol. The zero-order chi connectivity index (χ0) is 19.1. The second kappa shape index (κ2) is 7.22. The van der Waals surface area contributed by atoms with Crippen LogP contribution in [0, 0.1) is 5.92 Å². The van der Waals surface area contributed by atoms with E-state index in [-0.39, 0.29) is 5.91 Å². The van der Waals surface area contributed by atoms with Crippen molar-refractivity contribution in [2.75, 3.05) is 19.6 Å². The Hall–Kier alpha value is -2.38. The molecule has 0 spiro atoms. The number of piperidine rings is 3. The van der Waals surface area contributed by atoms with Crippen molar-refractivity contribution in [2.45, 2.75) is 24.8 Å². The molecule has 3 aliphatic rings. The summed E-state index contributed by atoms with van der Waals surface area (Å²) >= 11 is 1.73. The van der Waals surface area contributed by atoms with Crippen LogP contribution in [0.25, 0.3) is 10.6 Å². The van der Waals surface area contributed by atoms with E-state index in [1.165, 1.54) is 23.3 Å². The number of carbonyl (C=O) groups excluding carboxylic acids is 1. The van der Waals surface area contributed by atoms with Gasteiger partial charge in [0.15, 0.2) is 5.76 Å². The van der Waals surface area contributed by atoms with E-state index in [4.69, 9.17) is 9.52 Å². The molecule has 6 heterocycles. The maximum Gasteiger partial charge on any atom is 0.287 e. The average molecular weight is 397 g/mol. The first-order valence-corrected chi connectivity index (χ1v) is 10.7. The van der Waals surface area contributed by atoms with Crippen LogP contribution in [0.4, 0.5) is 0 Å². The van der Waals surface area contributed by atoms with Gasteiger partial charge >= 0.3 is 0 Å². The van der Waals surface area contributed by atoms with E-state index in [9.17, 15) is 4.79 Å². The third kappa shape index (κ3) is 3.18. The summed E-state index contributed by atoms with van der Waals surface area (Å²) in [5, 5.41) is 9.89. The van der Waals surface area contributed by atoms with Gasteiger partial charge in [0.25, 0.3) is 5.91 Å². The molecule has 3 aliphatic heterocycles. The van der Waals surface area contributed by atoms with Crippen molar-refractivity contribution < 1.29 is 9.21 Å². The van der Waals surface area contributed by atoms with Crippen LogP contribution < -0.4 is 5.32 Å². The molecule has 0 radical (unpaired) electrons. The smallest absolute Gasteiger partial charge is 0.287 e. The number of furan rings is 1. The highest BCUT2D eigenvalue weighted by atomic mass is 32.1. The lowest BCUT2D eigenvalue weighted by molar-refractivity contribution is 0.0278. The summed E-state index contributed by atoms with van der Waals surface area (Å²) in [6.45, 7) is 2.82. The van der Waals surface area contributed by atoms with E-state index in [0.29, 0.717) is 30.2 Å². The number of nitrogens with one attached hydrogen (secondary N) is 1. The minimum Gasteiger partial charge on any atom is -0.459 e. The van der Waals surface area contributed by atoms with Crippen molar-refractivity contribution in [3.05, 3.63) is 53.4 Å². The predicted octanol–water partition coefficient (Wildman–Crippen LogP) is 3.35. The van der Waals surface area contributed by atoms with E-state index in [1.54, 1.807) is 23.5 Å². The summed E-state index contributed by atoms with van der Waals surface area (Å²) in [5.41, 5.74) is 2.40. The minimum absolute atomic E-state index is 0.128. The number of aryl methyl sites for hydroxylation is 1. The second-order valence-electron chi connectivity index (χ2n) is 7.78. The van der Waals surface area contributed by atoms with Gasteiger partial charge in [-0.2, -0.15) is 5.10 Å². The van der Waals surface area contributed by atoms with Gasteiger partial charge in [0.05, 0.1) is 11.1 Å². The zero-order valence-electron chi connectivity index (χ0n) is 15.9. The van der Waals surface area contributed by atoms with Crippen LogP contribution in [-0.4, -0.2) is 46.3 Å². The molecule has 4 atom stereocenters. The number of nitrogens with zero attached hydrogens (tertiary/aromatic N) is 3. The fourth-order valence-electron chi connectivity index (χ4n) is 4.76. The van der Waals surface area contributed by atoms with Gasteiger partial charge in [-0.1, -0.05) is 6.07 Å². The van der Waals surface area contributed by atoms with Gasteiger partial charge in [-0.3, -0.25) is 14.4 Å². The van der Waals surface area contributed by atoms with Crippen LogP contribution >= 0.6 is 11.3 Å². The summed E-state index contributed by atoms with van der Waals surface area (Å²) < 4.78 is 7.25. The molecule has 0 aliphatic carbocycles. The average Bonchev–Trinajstić information content (AvgIpc) is 3.47. The zero-order valence-corrected chi connectivity index (χ0v) is 16.7. The Morgan fingerprint density at radius 1 is 1.39 bits per heavy atom. The van der Waals surface area contributed by atoms with E-state index in [2.05, 4.69) is 45.5 Å². The standard InChI is InChI=1S/C21H24N4O2S/c1-24-18(11-17(23-24)20-5-3-9-28-20)16-13-25-7-6-14(16)10-15(25)12-22-21(26)19-4-2-8-27-19/h2-5,8-9,11,14-16H,6-7,10,12-13H2,1H3,(H,22,26)/t14-,15+,16-/m0/s1. The summed E-state index contributed by atoms with van der Waals surface area (Å²) in [6, 6.07) is 10.3. The maximum atomic E-state index is 12.2. The molecule has 0 aromatic carbocycles. The second-order valence-corrected chi connectivity index (χ2v) is 8.73. The van der Waals surface area contributed by atoms with E-state index >= 15 is 0 Å². The normalized spacial score (nSPS) is 26.5. The lowest BCUT2D eigenvalue weighted by Crippen LogP contribution is -2.56. The topological polar surface area (TPSA) is 63.3 Å². The largest absolute Gasteiger partial charge is 0.459 e. The van der Waals surface area contributed by atoms with E-state index in [1.807, 2.05) is 0 Å². The number of carbonyl (C=O) groups is 1. The summed E-state index contributed by atoms with van der Waals surface area (Å²) in [6.07, 6.45) is 3.86. The fourth-order valence-corrected chi connectivity index (χ4v) is 5.45. The highest BCUT2D eigenvalue weighted by Gasteiger charge is 2.41. The molecule has 3 fully saturated rings. The molecule has 0 saturated carbocycles. The Morgan fingerprint density at radius 2 is 2.32 bits per heavy atom. The molecule has 3 aromatic rings. The number of hydrogen-bond donors (Lipinski definition) is 1. The van der Waals surface area contributed by atoms with Gasteiger partial charge in [-0.15, -0.1) is 11.3 Å². The van der Waals surface area contributed by atoms with Crippen LogP contribution in [0.5, 0.6) is 0 Å². The van der Waals surface area contributed by atoms with Crippen LogP contribution in [0.3, 0.4) is 0 Å². The first kappa shape index (κ1) is 17.7. The molecule has 3 saturated heterocycles. The Morgan fingerprint density at radius 3 is 3.04 bits per heavy atom. The lowest BCUT2D eigenvalue weighted by atomic mass is 9.74. The maximum absolute atomic E-state index is 12.2. The molecule has 2 bridgehead atoms. The van der Waals surface area contributed by atoms with Gasteiger partial charge in [0, 0.05) is 37.8 Å². The van der Waals surface area contributed by atoms with Gasteiger partial charge < -0.3 is 9.73 Å². The number of amides is 1. The van der Waals surface area contributed by atoms with Crippen LogP contribution in [0.2, 0.25) is 0 Å². The number of aromatic nitrogens is 2. The SMILES string of the molecule is Cn1nc(-c2cccs2)cc1[C@H]1CN2CC[C@H]1C[C@@H]2CNC(=O)c1ccco1. The molecule has 146 valence electrons. The Balaban J connectivity index is 1.27. The lowest BCUT2D eigenvalue weighted by Gasteiger charge is -2.49. The van der Waals surface area contributed by atoms with Gasteiger partial charge in [-0.05, 0) is 54.9 Å². The number of fused-ring (bicyclic) bond motifs is 3. The third-order valence-electron chi connectivity index (χ3n) is 6.19. The molecule has 1 amide bonds. The van der Waals surface area contributed by atoms with Crippen molar-refractivity contribution in [3.63, 3.8) is 0 Å². The Kier molecular flexibility index (Phi) is 4.56. The first-order valence-electron chi connectivity index (χ1n) is 9.82. The van der Waals surface area contributed by atoms with Crippen LogP contribution in [0.15, 0.2) is 46.4 Å². The molecule has 6 nitrogen and oxygen atoms in total. The third-order valence-corrected chi connectivity index (χ3v) is 7.08. The van der Waals surface area contributed by atoms with Crippen molar-refractivity contribution in [1.82, 2.24) is 20.0 Å². The number of thiophene rings is 1. The van der Waals surface area contributed by atoms with Gasteiger partial charge in [0.2, 0.25) is 0 Å².